The summed E-state index contributed by atoms with van der Waals surface area (Å²) < 4.78 is 14.3. The Kier molecular flexibility index (Phi) is 3.61. The van der Waals surface area contributed by atoms with E-state index < -0.39 is 30.4 Å². The van der Waals surface area contributed by atoms with Gasteiger partial charge in [0.1, 0.15) is 22.8 Å². The minimum atomic E-state index is -1.22. The van der Waals surface area contributed by atoms with Crippen LogP contribution in [0.25, 0.3) is 11.2 Å². The number of hydrogen-bond acceptors (Lipinski definition) is 6. The summed E-state index contributed by atoms with van der Waals surface area (Å²) in [5.41, 5.74) is 6.27. The third kappa shape index (κ3) is 2.45. The zero-order valence-corrected chi connectivity index (χ0v) is 15.7. The van der Waals surface area contributed by atoms with Crippen LogP contribution in [0, 0.1) is 0 Å². The molecule has 0 aromatic carbocycles. The molecular weight excluding hydrogens is 339 g/mol. The van der Waals surface area contributed by atoms with Gasteiger partial charge in [-0.15, -0.1) is 13.2 Å². The van der Waals surface area contributed by atoms with E-state index in [1.165, 1.54) is 0 Å². The Morgan fingerprint density at radius 2 is 2.24 bits per heavy atom. The van der Waals surface area contributed by atoms with Gasteiger partial charge < -0.3 is 20.3 Å². The van der Waals surface area contributed by atoms with Gasteiger partial charge in [0, 0.05) is 6.20 Å². The van der Waals surface area contributed by atoms with Crippen LogP contribution in [0.4, 0.5) is 5.69 Å². The number of pyridine rings is 1. The molecule has 25 heavy (non-hydrogen) atoms. The second-order valence-corrected chi connectivity index (χ2v) is 12.4. The molecule has 0 amide bonds. The summed E-state index contributed by atoms with van der Waals surface area (Å²) in [4.78, 5) is 8.76. The van der Waals surface area contributed by atoms with Crippen molar-refractivity contribution >= 4 is 30.0 Å². The van der Waals surface area contributed by atoms with Crippen molar-refractivity contribution < 1.29 is 14.6 Å². The zero-order chi connectivity index (χ0) is 18.0. The normalized spacial score (nSPS) is 34.9. The van der Waals surface area contributed by atoms with Crippen LogP contribution in [0.15, 0.2) is 18.6 Å². The summed E-state index contributed by atoms with van der Waals surface area (Å²) in [6.07, 6.45) is 8.03. The highest BCUT2D eigenvalue weighted by atomic mass is 31.2. The summed E-state index contributed by atoms with van der Waals surface area (Å²) in [6, 6.07) is 1.72. The maximum atomic E-state index is 11.0. The van der Waals surface area contributed by atoms with Gasteiger partial charge in [-0.3, -0.25) is 4.57 Å². The second kappa shape index (κ2) is 5.30. The first-order valence-electron chi connectivity index (χ1n) is 8.41. The molecule has 2 saturated heterocycles. The van der Waals surface area contributed by atoms with Gasteiger partial charge in [-0.2, -0.15) is 0 Å². The van der Waals surface area contributed by atoms with Crippen molar-refractivity contribution in [1.29, 1.82) is 0 Å². The molecule has 2 aromatic heterocycles. The highest BCUT2D eigenvalue weighted by Crippen LogP contribution is 2.55. The summed E-state index contributed by atoms with van der Waals surface area (Å²) in [5, 5.41) is 11.0. The lowest BCUT2D eigenvalue weighted by atomic mass is 9.89. The first-order valence-corrected chi connectivity index (χ1v) is 11.5. The molecule has 0 aliphatic carbocycles. The van der Waals surface area contributed by atoms with E-state index in [4.69, 9.17) is 15.2 Å². The van der Waals surface area contributed by atoms with E-state index in [9.17, 15) is 5.11 Å². The first kappa shape index (κ1) is 17.0. The lowest BCUT2D eigenvalue weighted by Crippen LogP contribution is -2.42. The summed E-state index contributed by atoms with van der Waals surface area (Å²) in [7, 11) is 0. The maximum absolute atomic E-state index is 11.0. The van der Waals surface area contributed by atoms with Gasteiger partial charge in [0.15, 0.2) is 11.9 Å². The van der Waals surface area contributed by atoms with Gasteiger partial charge in [0.05, 0.1) is 18.6 Å². The second-order valence-electron chi connectivity index (χ2n) is 8.04. The largest absolute Gasteiger partial charge is 0.397 e. The molecule has 4 heterocycles. The van der Waals surface area contributed by atoms with Gasteiger partial charge in [0.25, 0.3) is 0 Å². The van der Waals surface area contributed by atoms with Gasteiger partial charge in [-0.1, -0.05) is 0 Å². The average Bonchev–Trinajstić information content (AvgIpc) is 3.14. The van der Waals surface area contributed by atoms with E-state index >= 15 is 0 Å². The van der Waals surface area contributed by atoms with E-state index in [-0.39, 0.29) is 0 Å². The topological polar surface area (TPSA) is 95.4 Å². The Morgan fingerprint density at radius 1 is 1.48 bits per heavy atom. The van der Waals surface area contributed by atoms with Gasteiger partial charge in [-0.25, -0.2) is 9.97 Å². The number of aromatic nitrogens is 3. The molecule has 4 rings (SSSR count). The number of aliphatic hydroxyl groups is 1. The van der Waals surface area contributed by atoms with Crippen LogP contribution >= 0.6 is 6.89 Å². The van der Waals surface area contributed by atoms with Crippen LogP contribution in [0.5, 0.6) is 0 Å². The standard InChI is InChI=1S/C17H25N4O3P/c1-16-14(22)17(9-23-16,6-8-25(2,3)4)24-15(16)21-10-20-12-11(18)5-7-19-13(12)21/h5,7,10,14-15,22H,2,6,8-9H2,1,3-4H3,(H2,18,19)/t14-,15+,16+,17-/m0/s1. The maximum Gasteiger partial charge on any atom is 0.169 e. The van der Waals surface area contributed by atoms with Crippen molar-refractivity contribution in [2.45, 2.75) is 36.9 Å². The van der Waals surface area contributed by atoms with Crippen molar-refractivity contribution in [2.75, 3.05) is 31.8 Å². The van der Waals surface area contributed by atoms with E-state index in [1.807, 2.05) is 11.5 Å². The number of imidazole rings is 1. The fourth-order valence-corrected chi connectivity index (χ4v) is 4.80. The van der Waals surface area contributed by atoms with Crippen molar-refractivity contribution in [1.82, 2.24) is 14.5 Å². The number of nitrogens with two attached hydrogens (primary N) is 1. The lowest BCUT2D eigenvalue weighted by Gasteiger charge is -2.34. The molecule has 4 atom stereocenters. The molecule has 2 aromatic rings. The van der Waals surface area contributed by atoms with E-state index in [0.29, 0.717) is 23.5 Å². The van der Waals surface area contributed by atoms with Gasteiger partial charge in [-0.05, 0) is 38.9 Å². The molecule has 2 bridgehead atoms. The Labute approximate surface area is 147 Å². The third-order valence-corrected chi connectivity index (χ3v) is 6.82. The minimum Gasteiger partial charge on any atom is -0.397 e. The predicted octanol–water partition coefficient (Wildman–Crippen LogP) is 1.53. The Balaban J connectivity index is 1.72. The zero-order valence-electron chi connectivity index (χ0n) is 14.8. The van der Waals surface area contributed by atoms with Crippen molar-refractivity contribution in [3.8, 4) is 0 Å². The van der Waals surface area contributed by atoms with Crippen LogP contribution in [0.1, 0.15) is 19.6 Å². The number of anilines is 1. The Morgan fingerprint density at radius 3 is 2.96 bits per heavy atom. The highest BCUT2D eigenvalue weighted by Gasteiger charge is 2.68. The molecule has 2 aliphatic heterocycles. The van der Waals surface area contributed by atoms with Gasteiger partial charge >= 0.3 is 0 Å². The van der Waals surface area contributed by atoms with E-state index in [0.717, 1.165) is 12.6 Å². The van der Waals surface area contributed by atoms with Gasteiger partial charge in [0.2, 0.25) is 0 Å². The molecule has 136 valence electrons. The molecule has 3 N–H and O–H groups in total. The fourth-order valence-electron chi connectivity index (χ4n) is 3.82. The SMILES string of the molecule is C=P(C)(C)CC[C@]12CO[C@](C)([C@@H]1O)[C@H](n1cnc3c(N)ccnc31)O2. The molecule has 2 fully saturated rings. The first-order chi connectivity index (χ1) is 11.7. The third-order valence-electron chi connectivity index (χ3n) is 5.39. The number of nitrogens with zero attached hydrogens (tertiary/aromatic N) is 3. The van der Waals surface area contributed by atoms with Crippen LogP contribution in [-0.4, -0.2) is 69.3 Å². The van der Waals surface area contributed by atoms with Crippen molar-refractivity contribution in [3.05, 3.63) is 18.6 Å². The molecule has 8 heteroatoms. The van der Waals surface area contributed by atoms with Crippen LogP contribution in [0.3, 0.4) is 0 Å². The molecule has 0 unspecified atom stereocenters. The summed E-state index contributed by atoms with van der Waals surface area (Å²) in [5.74, 6) is 0. The number of ether oxygens (including phenoxy) is 2. The molecular formula is C17H25N4O3P. The minimum absolute atomic E-state index is 0.392. The predicted molar refractivity (Wildman–Crippen MR) is 101 cm³/mol. The van der Waals surface area contributed by atoms with Crippen LogP contribution in [0.2, 0.25) is 0 Å². The monoisotopic (exact) mass is 364 g/mol. The number of nitrogen functional groups attached to an aromatic ring is 1. The summed E-state index contributed by atoms with van der Waals surface area (Å²) in [6.45, 7) is 5.43. The van der Waals surface area contributed by atoms with Crippen molar-refractivity contribution in [3.63, 3.8) is 0 Å². The molecule has 2 aliphatic rings. The fraction of sp³-hybridized carbons (Fsp3) is 0.588. The van der Waals surface area contributed by atoms with Crippen molar-refractivity contribution in [2.24, 2.45) is 0 Å². The lowest BCUT2D eigenvalue weighted by molar-refractivity contribution is -0.203. The molecule has 0 radical (unpaired) electrons. The molecule has 7 nitrogen and oxygen atoms in total. The average molecular weight is 364 g/mol. The summed E-state index contributed by atoms with van der Waals surface area (Å²) >= 11 is 0. The number of fused-ring (bicyclic) bond motifs is 3. The van der Waals surface area contributed by atoms with Crippen LogP contribution in [-0.2, 0) is 9.47 Å². The number of aliphatic hydroxyl groups excluding tert-OH is 1. The number of hydrogen-bond donors (Lipinski definition) is 2. The van der Waals surface area contributed by atoms with E-state index in [1.54, 1.807) is 18.6 Å². The van der Waals surface area contributed by atoms with Crippen LogP contribution < -0.4 is 5.73 Å². The number of rotatable bonds is 4. The molecule has 0 saturated carbocycles. The molecule has 0 spiro atoms. The highest BCUT2D eigenvalue weighted by molar-refractivity contribution is 7.72. The van der Waals surface area contributed by atoms with E-state index in [2.05, 4.69) is 29.6 Å². The smallest absolute Gasteiger partial charge is 0.169 e. The Hall–Kier alpha value is -1.40. The Bertz CT molecular complexity index is 878. The quantitative estimate of drug-likeness (QED) is 0.799.